The standard InChI is InChI=1S/2C4H6N2O2.CH4/c2*5-3(7)1-2-4(6)8;/h2*1-2H,(H2,5,7)(H2,6,8);1H4/b2*2-1-;. The fourth-order valence-corrected chi connectivity index (χ4v) is 0.329. The third-order valence-corrected chi connectivity index (χ3v) is 0.824. The Morgan fingerprint density at radius 1 is 0.529 bits per heavy atom. The van der Waals surface area contributed by atoms with E-state index in [-0.39, 0.29) is 7.43 Å². The van der Waals surface area contributed by atoms with Crippen LogP contribution in [0.2, 0.25) is 0 Å². The molecular formula is C9H16N4O4. The Kier molecular flexibility index (Phi) is 13.4. The van der Waals surface area contributed by atoms with Crippen LogP contribution in [-0.2, 0) is 19.2 Å². The average Bonchev–Trinajstić information content (AvgIpc) is 2.12. The molecule has 0 aliphatic rings. The van der Waals surface area contributed by atoms with Crippen LogP contribution in [0, 0.1) is 0 Å². The minimum atomic E-state index is -0.677. The van der Waals surface area contributed by atoms with Gasteiger partial charge in [0.25, 0.3) is 0 Å². The fourth-order valence-electron chi connectivity index (χ4n) is 0.329. The molecule has 8 heteroatoms. The fraction of sp³-hybridized carbons (Fsp3) is 0.111. The highest BCUT2D eigenvalue weighted by Gasteiger charge is 1.84. The largest absolute Gasteiger partial charge is 0.366 e. The van der Waals surface area contributed by atoms with Crippen LogP contribution in [0.15, 0.2) is 24.3 Å². The van der Waals surface area contributed by atoms with E-state index in [1.54, 1.807) is 0 Å². The van der Waals surface area contributed by atoms with E-state index in [1.165, 1.54) is 0 Å². The lowest BCUT2D eigenvalue weighted by atomic mass is 10.5. The molecule has 0 heterocycles. The summed E-state index contributed by atoms with van der Waals surface area (Å²) in [6.07, 6.45) is 3.62. The van der Waals surface area contributed by atoms with Crippen molar-refractivity contribution in [3.63, 3.8) is 0 Å². The summed E-state index contributed by atoms with van der Waals surface area (Å²) in [5.41, 5.74) is 18.4. The summed E-state index contributed by atoms with van der Waals surface area (Å²) in [5, 5.41) is 0. The van der Waals surface area contributed by atoms with E-state index in [4.69, 9.17) is 0 Å². The number of nitrogens with two attached hydrogens (primary N) is 4. The van der Waals surface area contributed by atoms with Crippen LogP contribution in [-0.4, -0.2) is 23.6 Å². The first kappa shape index (κ1) is 19.9. The summed E-state index contributed by atoms with van der Waals surface area (Å²) >= 11 is 0. The highest BCUT2D eigenvalue weighted by atomic mass is 16.2. The van der Waals surface area contributed by atoms with Gasteiger partial charge in [-0.3, -0.25) is 19.2 Å². The van der Waals surface area contributed by atoms with Crippen molar-refractivity contribution in [3.05, 3.63) is 24.3 Å². The monoisotopic (exact) mass is 244 g/mol. The number of carbonyl (C=O) groups excluding carboxylic acids is 4. The maximum Gasteiger partial charge on any atom is 0.241 e. The Balaban J connectivity index is -0.000000218. The third kappa shape index (κ3) is 31.8. The van der Waals surface area contributed by atoms with Crippen molar-refractivity contribution in [2.24, 2.45) is 22.9 Å². The molecule has 0 aliphatic carbocycles. The van der Waals surface area contributed by atoms with Crippen molar-refractivity contribution in [2.45, 2.75) is 7.43 Å². The summed E-state index contributed by atoms with van der Waals surface area (Å²) in [6, 6.07) is 0. The maximum atomic E-state index is 9.83. The van der Waals surface area contributed by atoms with E-state index in [0.717, 1.165) is 24.3 Å². The van der Waals surface area contributed by atoms with Crippen LogP contribution in [0.5, 0.6) is 0 Å². The Bertz CT molecular complexity index is 281. The molecule has 0 unspecified atom stereocenters. The SMILES string of the molecule is C.NC(=O)/C=C\C(N)=O.NC(=O)/C=C\C(N)=O. The van der Waals surface area contributed by atoms with Gasteiger partial charge in [0.05, 0.1) is 0 Å². The van der Waals surface area contributed by atoms with Gasteiger partial charge in [-0.25, -0.2) is 0 Å². The van der Waals surface area contributed by atoms with Crippen molar-refractivity contribution >= 4 is 23.6 Å². The van der Waals surface area contributed by atoms with E-state index in [1.807, 2.05) is 0 Å². The van der Waals surface area contributed by atoms with Crippen molar-refractivity contribution < 1.29 is 19.2 Å². The molecule has 0 bridgehead atoms. The molecule has 0 spiro atoms. The summed E-state index contributed by atoms with van der Waals surface area (Å²) in [6.45, 7) is 0. The number of hydrogen-bond donors (Lipinski definition) is 4. The Morgan fingerprint density at radius 3 is 0.706 bits per heavy atom. The molecule has 0 rings (SSSR count). The minimum Gasteiger partial charge on any atom is -0.366 e. The van der Waals surface area contributed by atoms with Gasteiger partial charge in [-0.15, -0.1) is 0 Å². The molecule has 0 aromatic rings. The van der Waals surface area contributed by atoms with Crippen LogP contribution >= 0.6 is 0 Å². The van der Waals surface area contributed by atoms with Gasteiger partial charge in [0, 0.05) is 24.3 Å². The molecular weight excluding hydrogens is 228 g/mol. The highest BCUT2D eigenvalue weighted by Crippen LogP contribution is 1.66. The number of rotatable bonds is 4. The normalized spacial score (nSPS) is 8.94. The molecule has 8 nitrogen and oxygen atoms in total. The topological polar surface area (TPSA) is 172 Å². The van der Waals surface area contributed by atoms with E-state index in [0.29, 0.717) is 0 Å². The van der Waals surface area contributed by atoms with Crippen molar-refractivity contribution in [3.8, 4) is 0 Å². The smallest absolute Gasteiger partial charge is 0.241 e. The number of amides is 4. The highest BCUT2D eigenvalue weighted by molar-refractivity contribution is 5.95. The Hall–Kier alpha value is -2.64. The third-order valence-electron chi connectivity index (χ3n) is 0.824. The van der Waals surface area contributed by atoms with Crippen molar-refractivity contribution in [1.82, 2.24) is 0 Å². The second-order valence-corrected chi connectivity index (χ2v) is 2.28. The second-order valence-electron chi connectivity index (χ2n) is 2.28. The van der Waals surface area contributed by atoms with Gasteiger partial charge >= 0.3 is 0 Å². The molecule has 0 saturated heterocycles. The first-order valence-corrected chi connectivity index (χ1v) is 3.79. The van der Waals surface area contributed by atoms with Gasteiger partial charge in [0.2, 0.25) is 23.6 Å². The van der Waals surface area contributed by atoms with Crippen LogP contribution in [0.3, 0.4) is 0 Å². The van der Waals surface area contributed by atoms with Crippen molar-refractivity contribution in [2.75, 3.05) is 0 Å². The quantitative estimate of drug-likeness (QED) is 0.406. The molecule has 0 atom stereocenters. The van der Waals surface area contributed by atoms with E-state index in [2.05, 4.69) is 22.9 Å². The first-order chi connectivity index (χ1) is 7.25. The summed E-state index contributed by atoms with van der Waals surface area (Å²) in [5.74, 6) is -2.71. The van der Waals surface area contributed by atoms with Crippen LogP contribution in [0.25, 0.3) is 0 Å². The first-order valence-electron chi connectivity index (χ1n) is 3.79. The zero-order valence-corrected chi connectivity index (χ0v) is 8.25. The molecule has 0 saturated carbocycles. The zero-order chi connectivity index (χ0) is 13.1. The van der Waals surface area contributed by atoms with Crippen molar-refractivity contribution in [1.29, 1.82) is 0 Å². The van der Waals surface area contributed by atoms with Gasteiger partial charge in [-0.05, 0) is 0 Å². The molecule has 0 radical (unpaired) electrons. The van der Waals surface area contributed by atoms with E-state index < -0.39 is 23.6 Å². The van der Waals surface area contributed by atoms with Gasteiger partial charge in [0.15, 0.2) is 0 Å². The lowest BCUT2D eigenvalue weighted by Crippen LogP contribution is -2.10. The predicted octanol–water partition coefficient (Wildman–Crippen LogP) is -2.34. The second kappa shape index (κ2) is 11.4. The van der Waals surface area contributed by atoms with E-state index >= 15 is 0 Å². The molecule has 0 aromatic heterocycles. The predicted molar refractivity (Wildman–Crippen MR) is 61.8 cm³/mol. The number of hydrogen-bond acceptors (Lipinski definition) is 4. The van der Waals surface area contributed by atoms with Crippen LogP contribution in [0.1, 0.15) is 7.43 Å². The average molecular weight is 244 g/mol. The summed E-state index contributed by atoms with van der Waals surface area (Å²) in [7, 11) is 0. The van der Waals surface area contributed by atoms with Gasteiger partial charge in [0.1, 0.15) is 0 Å². The van der Waals surface area contributed by atoms with Gasteiger partial charge in [-0.2, -0.15) is 0 Å². The molecule has 0 aromatic carbocycles. The molecule has 0 fully saturated rings. The minimum absolute atomic E-state index is 0. The molecule has 96 valence electrons. The van der Waals surface area contributed by atoms with Gasteiger partial charge in [-0.1, -0.05) is 7.43 Å². The van der Waals surface area contributed by atoms with E-state index in [9.17, 15) is 19.2 Å². The molecule has 8 N–H and O–H groups in total. The zero-order valence-electron chi connectivity index (χ0n) is 8.25. The number of primary amides is 4. The van der Waals surface area contributed by atoms with Crippen LogP contribution < -0.4 is 22.9 Å². The maximum absolute atomic E-state index is 9.83. The lowest BCUT2D eigenvalue weighted by Gasteiger charge is -1.76. The summed E-state index contributed by atoms with van der Waals surface area (Å²) in [4.78, 5) is 39.3. The Labute approximate surface area is 98.3 Å². The van der Waals surface area contributed by atoms with Gasteiger partial charge < -0.3 is 22.9 Å². The number of carbonyl (C=O) groups is 4. The van der Waals surface area contributed by atoms with Crippen LogP contribution in [0.4, 0.5) is 0 Å². The molecule has 4 amide bonds. The molecule has 17 heavy (non-hydrogen) atoms. The molecule has 0 aliphatic heterocycles. The summed E-state index contributed by atoms with van der Waals surface area (Å²) < 4.78 is 0. The Morgan fingerprint density at radius 2 is 0.647 bits per heavy atom. The lowest BCUT2D eigenvalue weighted by molar-refractivity contribution is -0.115.